The Kier molecular flexibility index (Phi) is 5.16. The van der Waals surface area contributed by atoms with Crippen molar-refractivity contribution in [2.45, 2.75) is 32.9 Å². The standard InChI is InChI=1S/C15H26N4/c1-4-7-16-10-14-5-6-15(17-11-14)19-9-8-18(3)13(2)12-19/h5-6,11,13,16H,4,7-10,12H2,1-3H3. The Labute approximate surface area is 116 Å². The third-order valence-corrected chi connectivity index (χ3v) is 3.85. The van der Waals surface area contributed by atoms with Crippen molar-refractivity contribution < 1.29 is 0 Å². The summed E-state index contributed by atoms with van der Waals surface area (Å²) in [5, 5.41) is 3.40. The van der Waals surface area contributed by atoms with Gasteiger partial charge in [0.1, 0.15) is 5.82 Å². The van der Waals surface area contributed by atoms with E-state index in [-0.39, 0.29) is 0 Å². The van der Waals surface area contributed by atoms with Crippen LogP contribution in [0.25, 0.3) is 0 Å². The molecule has 1 fully saturated rings. The van der Waals surface area contributed by atoms with Crippen molar-refractivity contribution in [1.82, 2.24) is 15.2 Å². The molecule has 1 aliphatic rings. The normalized spacial score (nSPS) is 20.8. The molecule has 1 unspecified atom stereocenters. The summed E-state index contributed by atoms with van der Waals surface area (Å²) in [6.45, 7) is 9.69. The largest absolute Gasteiger partial charge is 0.354 e. The van der Waals surface area contributed by atoms with Crippen LogP contribution in [0.15, 0.2) is 18.3 Å². The molecule has 0 spiro atoms. The van der Waals surface area contributed by atoms with Crippen LogP contribution in [0.2, 0.25) is 0 Å². The molecule has 1 saturated heterocycles. The molecule has 1 aromatic rings. The quantitative estimate of drug-likeness (QED) is 0.819. The molecule has 1 aliphatic heterocycles. The van der Waals surface area contributed by atoms with Gasteiger partial charge in [0.15, 0.2) is 0 Å². The van der Waals surface area contributed by atoms with Gasteiger partial charge < -0.3 is 15.1 Å². The van der Waals surface area contributed by atoms with Crippen molar-refractivity contribution in [2.24, 2.45) is 0 Å². The summed E-state index contributed by atoms with van der Waals surface area (Å²) in [5.74, 6) is 1.11. The minimum Gasteiger partial charge on any atom is -0.354 e. The predicted octanol–water partition coefficient (Wildman–Crippen LogP) is 1.72. The number of nitrogens with zero attached hydrogens (tertiary/aromatic N) is 3. The number of nitrogens with one attached hydrogen (secondary N) is 1. The Morgan fingerprint density at radius 3 is 2.84 bits per heavy atom. The summed E-state index contributed by atoms with van der Waals surface area (Å²) in [6.07, 6.45) is 3.17. The number of piperazine rings is 1. The van der Waals surface area contributed by atoms with Crippen molar-refractivity contribution in [3.8, 4) is 0 Å². The second-order valence-electron chi connectivity index (χ2n) is 5.48. The molecule has 4 heteroatoms. The summed E-state index contributed by atoms with van der Waals surface area (Å²) in [4.78, 5) is 9.39. The van der Waals surface area contributed by atoms with Crippen LogP contribution < -0.4 is 10.2 Å². The molecule has 0 aliphatic carbocycles. The molecule has 0 bridgehead atoms. The molecule has 2 rings (SSSR count). The predicted molar refractivity (Wildman–Crippen MR) is 80.5 cm³/mol. The van der Waals surface area contributed by atoms with Crippen LogP contribution in [0.3, 0.4) is 0 Å². The number of rotatable bonds is 5. The fraction of sp³-hybridized carbons (Fsp3) is 0.667. The third kappa shape index (κ3) is 3.91. The highest BCUT2D eigenvalue weighted by Crippen LogP contribution is 2.16. The minimum absolute atomic E-state index is 0.599. The van der Waals surface area contributed by atoms with E-state index in [0.29, 0.717) is 6.04 Å². The van der Waals surface area contributed by atoms with Gasteiger partial charge in [0.2, 0.25) is 0 Å². The van der Waals surface area contributed by atoms with Crippen LogP contribution >= 0.6 is 0 Å². The number of pyridine rings is 1. The smallest absolute Gasteiger partial charge is 0.128 e. The van der Waals surface area contributed by atoms with E-state index in [9.17, 15) is 0 Å². The minimum atomic E-state index is 0.599. The zero-order valence-electron chi connectivity index (χ0n) is 12.4. The lowest BCUT2D eigenvalue weighted by molar-refractivity contribution is 0.233. The highest BCUT2D eigenvalue weighted by atomic mass is 15.3. The zero-order valence-corrected chi connectivity index (χ0v) is 12.4. The van der Waals surface area contributed by atoms with Crippen molar-refractivity contribution in [3.63, 3.8) is 0 Å². The number of hydrogen-bond donors (Lipinski definition) is 1. The summed E-state index contributed by atoms with van der Waals surface area (Å²) in [7, 11) is 2.19. The molecular weight excluding hydrogens is 236 g/mol. The van der Waals surface area contributed by atoms with E-state index in [1.165, 1.54) is 12.0 Å². The molecule has 2 heterocycles. The van der Waals surface area contributed by atoms with Gasteiger partial charge in [-0.15, -0.1) is 0 Å². The molecular formula is C15H26N4. The van der Waals surface area contributed by atoms with Crippen LogP contribution in [0, 0.1) is 0 Å². The molecule has 0 aromatic carbocycles. The first-order valence-electron chi connectivity index (χ1n) is 7.31. The van der Waals surface area contributed by atoms with Gasteiger partial charge in [0.05, 0.1) is 0 Å². The maximum Gasteiger partial charge on any atom is 0.128 e. The fourth-order valence-corrected chi connectivity index (χ4v) is 2.37. The average molecular weight is 262 g/mol. The Morgan fingerprint density at radius 2 is 2.21 bits per heavy atom. The van der Waals surface area contributed by atoms with Gasteiger partial charge in [-0.3, -0.25) is 0 Å². The van der Waals surface area contributed by atoms with E-state index in [0.717, 1.165) is 38.5 Å². The van der Waals surface area contributed by atoms with E-state index in [1.807, 2.05) is 6.20 Å². The van der Waals surface area contributed by atoms with Gasteiger partial charge in [-0.05, 0) is 38.6 Å². The van der Waals surface area contributed by atoms with E-state index in [1.54, 1.807) is 0 Å². The van der Waals surface area contributed by atoms with E-state index in [2.05, 4.69) is 53.1 Å². The van der Waals surface area contributed by atoms with Gasteiger partial charge in [-0.1, -0.05) is 13.0 Å². The Morgan fingerprint density at radius 1 is 1.37 bits per heavy atom. The lowest BCUT2D eigenvalue weighted by Gasteiger charge is -2.38. The number of aromatic nitrogens is 1. The molecule has 1 N–H and O–H groups in total. The number of hydrogen-bond acceptors (Lipinski definition) is 4. The molecule has 0 saturated carbocycles. The molecule has 19 heavy (non-hydrogen) atoms. The van der Waals surface area contributed by atoms with E-state index < -0.39 is 0 Å². The maximum absolute atomic E-state index is 4.61. The van der Waals surface area contributed by atoms with Crippen LogP contribution in [0.5, 0.6) is 0 Å². The Balaban J connectivity index is 1.91. The Hall–Kier alpha value is -1.13. The second-order valence-corrected chi connectivity index (χ2v) is 5.48. The van der Waals surface area contributed by atoms with Crippen LogP contribution in [0.4, 0.5) is 5.82 Å². The average Bonchev–Trinajstić information content (AvgIpc) is 2.43. The summed E-state index contributed by atoms with van der Waals surface area (Å²) in [6, 6.07) is 4.94. The zero-order chi connectivity index (χ0) is 13.7. The van der Waals surface area contributed by atoms with Crippen molar-refractivity contribution >= 4 is 5.82 Å². The molecule has 0 amide bonds. The van der Waals surface area contributed by atoms with Gasteiger partial charge in [0, 0.05) is 38.4 Å². The highest BCUT2D eigenvalue weighted by molar-refractivity contribution is 5.40. The third-order valence-electron chi connectivity index (χ3n) is 3.85. The summed E-state index contributed by atoms with van der Waals surface area (Å²) in [5.41, 5.74) is 1.26. The maximum atomic E-state index is 4.61. The topological polar surface area (TPSA) is 31.4 Å². The molecule has 4 nitrogen and oxygen atoms in total. The second kappa shape index (κ2) is 6.87. The van der Waals surface area contributed by atoms with Crippen LogP contribution in [-0.4, -0.2) is 49.2 Å². The summed E-state index contributed by atoms with van der Waals surface area (Å²) >= 11 is 0. The van der Waals surface area contributed by atoms with Crippen molar-refractivity contribution in [2.75, 3.05) is 38.1 Å². The molecule has 106 valence electrons. The fourth-order valence-electron chi connectivity index (χ4n) is 2.37. The molecule has 1 aromatic heterocycles. The lowest BCUT2D eigenvalue weighted by Crippen LogP contribution is -2.50. The van der Waals surface area contributed by atoms with Crippen molar-refractivity contribution in [3.05, 3.63) is 23.9 Å². The van der Waals surface area contributed by atoms with Gasteiger partial charge in [0.25, 0.3) is 0 Å². The first kappa shape index (κ1) is 14.3. The first-order valence-corrected chi connectivity index (χ1v) is 7.31. The SMILES string of the molecule is CCCNCc1ccc(N2CCN(C)C(C)C2)nc1. The van der Waals surface area contributed by atoms with E-state index >= 15 is 0 Å². The Bertz CT molecular complexity index is 376. The monoisotopic (exact) mass is 262 g/mol. The molecule has 0 radical (unpaired) electrons. The van der Waals surface area contributed by atoms with Gasteiger partial charge >= 0.3 is 0 Å². The summed E-state index contributed by atoms with van der Waals surface area (Å²) < 4.78 is 0. The molecule has 1 atom stereocenters. The van der Waals surface area contributed by atoms with Gasteiger partial charge in [-0.2, -0.15) is 0 Å². The number of likely N-dealkylation sites (N-methyl/N-ethyl adjacent to an activating group) is 1. The lowest BCUT2D eigenvalue weighted by atomic mass is 10.2. The van der Waals surface area contributed by atoms with Crippen LogP contribution in [0.1, 0.15) is 25.8 Å². The highest BCUT2D eigenvalue weighted by Gasteiger charge is 2.21. The number of anilines is 1. The van der Waals surface area contributed by atoms with Crippen LogP contribution in [-0.2, 0) is 6.54 Å². The van der Waals surface area contributed by atoms with E-state index in [4.69, 9.17) is 0 Å². The van der Waals surface area contributed by atoms with Gasteiger partial charge in [-0.25, -0.2) is 4.98 Å². The van der Waals surface area contributed by atoms with Crippen molar-refractivity contribution in [1.29, 1.82) is 0 Å². The first-order chi connectivity index (χ1) is 9.20.